The molecule has 2 heterocycles. The molecule has 1 aromatic carbocycles. The van der Waals surface area contributed by atoms with Gasteiger partial charge in [-0.2, -0.15) is 0 Å². The summed E-state index contributed by atoms with van der Waals surface area (Å²) in [5.74, 6) is -0.831. The molecule has 0 bridgehead atoms. The highest BCUT2D eigenvalue weighted by atomic mass is 35.5. The zero-order chi connectivity index (χ0) is 16.0. The van der Waals surface area contributed by atoms with E-state index in [4.69, 9.17) is 11.6 Å². The number of halogens is 2. The highest BCUT2D eigenvalue weighted by molar-refractivity contribution is 7.19. The normalized spacial score (nSPS) is 19.7. The lowest BCUT2D eigenvalue weighted by atomic mass is 10.1. The fourth-order valence-corrected chi connectivity index (χ4v) is 3.24. The van der Waals surface area contributed by atoms with Gasteiger partial charge in [0.1, 0.15) is 6.17 Å². The second-order valence-corrected chi connectivity index (χ2v) is 6.74. The molecule has 3 aromatic rings. The zero-order valence-corrected chi connectivity index (χ0v) is 13.2. The Hall–Kier alpha value is -2.12. The van der Waals surface area contributed by atoms with Gasteiger partial charge in [0.05, 0.1) is 16.3 Å². The van der Waals surface area contributed by atoms with E-state index in [0.717, 1.165) is 21.3 Å². The van der Waals surface area contributed by atoms with Gasteiger partial charge in [-0.15, -0.1) is 10.2 Å². The molecule has 0 saturated heterocycles. The molecule has 2 aromatic heterocycles. The van der Waals surface area contributed by atoms with Crippen molar-refractivity contribution in [2.75, 3.05) is 5.32 Å². The van der Waals surface area contributed by atoms with Crippen LogP contribution in [0.5, 0.6) is 0 Å². The van der Waals surface area contributed by atoms with Crippen molar-refractivity contribution >= 4 is 44.9 Å². The number of carbonyl (C=O) groups is 1. The van der Waals surface area contributed by atoms with Crippen LogP contribution >= 0.6 is 22.9 Å². The van der Waals surface area contributed by atoms with E-state index >= 15 is 0 Å². The summed E-state index contributed by atoms with van der Waals surface area (Å²) in [7, 11) is 0. The molecular formula is C15H10ClFN4OS. The second kappa shape index (κ2) is 5.50. The van der Waals surface area contributed by atoms with Crippen LogP contribution < -0.4 is 5.32 Å². The number of amides is 1. The smallest absolute Gasteiger partial charge is 0.232 e. The first-order chi connectivity index (χ1) is 11.1. The Labute approximate surface area is 139 Å². The van der Waals surface area contributed by atoms with Crippen LogP contribution in [0, 0.1) is 5.92 Å². The summed E-state index contributed by atoms with van der Waals surface area (Å²) in [6.45, 7) is 0. The number of aromatic nitrogens is 3. The number of hydrogen-bond acceptors (Lipinski definition) is 5. The van der Waals surface area contributed by atoms with E-state index in [9.17, 15) is 9.18 Å². The molecular weight excluding hydrogens is 339 g/mol. The number of hydrogen-bond donors (Lipinski definition) is 1. The van der Waals surface area contributed by atoms with Crippen molar-refractivity contribution in [2.24, 2.45) is 5.92 Å². The van der Waals surface area contributed by atoms with Gasteiger partial charge in [0.25, 0.3) is 0 Å². The van der Waals surface area contributed by atoms with Gasteiger partial charge in [0.15, 0.2) is 10.3 Å². The third kappa shape index (κ3) is 2.89. The third-order valence-electron chi connectivity index (χ3n) is 3.63. The number of nitrogens with one attached hydrogen (secondary N) is 1. The van der Waals surface area contributed by atoms with Crippen LogP contribution in [0.2, 0.25) is 5.15 Å². The van der Waals surface area contributed by atoms with Crippen LogP contribution in [0.4, 0.5) is 9.52 Å². The van der Waals surface area contributed by atoms with Crippen molar-refractivity contribution in [3.8, 4) is 10.4 Å². The molecule has 116 valence electrons. The summed E-state index contributed by atoms with van der Waals surface area (Å²) in [4.78, 5) is 16.8. The Morgan fingerprint density at radius 1 is 1.35 bits per heavy atom. The van der Waals surface area contributed by atoms with Crippen molar-refractivity contribution < 1.29 is 9.18 Å². The Balaban J connectivity index is 1.59. The number of nitrogens with zero attached hydrogens (tertiary/aromatic N) is 3. The topological polar surface area (TPSA) is 67.8 Å². The van der Waals surface area contributed by atoms with Crippen LogP contribution in [0.15, 0.2) is 30.5 Å². The van der Waals surface area contributed by atoms with Gasteiger partial charge in [-0.05, 0) is 30.2 Å². The largest absolute Gasteiger partial charge is 0.302 e. The summed E-state index contributed by atoms with van der Waals surface area (Å²) in [5, 5.41) is 12.1. The SMILES string of the molecule is O=C(Nc1ncc(-c2ccc3nnc(Cl)cc3c2)s1)[C@@H]1C[C@H]1F. The summed E-state index contributed by atoms with van der Waals surface area (Å²) in [6, 6.07) is 7.44. The maximum Gasteiger partial charge on any atom is 0.232 e. The highest BCUT2D eigenvalue weighted by Crippen LogP contribution is 2.36. The minimum atomic E-state index is -1.01. The van der Waals surface area contributed by atoms with Crippen molar-refractivity contribution in [1.82, 2.24) is 15.2 Å². The molecule has 0 radical (unpaired) electrons. The molecule has 1 aliphatic carbocycles. The van der Waals surface area contributed by atoms with E-state index in [1.165, 1.54) is 11.3 Å². The van der Waals surface area contributed by atoms with Gasteiger partial charge in [-0.3, -0.25) is 4.79 Å². The number of anilines is 1. The van der Waals surface area contributed by atoms with Gasteiger partial charge in [0, 0.05) is 11.6 Å². The minimum absolute atomic E-state index is 0.302. The minimum Gasteiger partial charge on any atom is -0.302 e. The summed E-state index contributed by atoms with van der Waals surface area (Å²) < 4.78 is 12.9. The van der Waals surface area contributed by atoms with Crippen molar-refractivity contribution in [1.29, 1.82) is 0 Å². The van der Waals surface area contributed by atoms with E-state index in [-0.39, 0.29) is 5.91 Å². The predicted octanol–water partition coefficient (Wildman–Crippen LogP) is 3.70. The van der Waals surface area contributed by atoms with Crippen LogP contribution in [0.1, 0.15) is 6.42 Å². The molecule has 1 fully saturated rings. The summed E-state index contributed by atoms with van der Waals surface area (Å²) in [5.41, 5.74) is 1.69. The Kier molecular flexibility index (Phi) is 3.46. The fraction of sp³-hybridized carbons (Fsp3) is 0.200. The van der Waals surface area contributed by atoms with Gasteiger partial charge in [-0.1, -0.05) is 29.0 Å². The molecule has 1 saturated carbocycles. The third-order valence-corrected chi connectivity index (χ3v) is 4.77. The lowest BCUT2D eigenvalue weighted by Crippen LogP contribution is -2.14. The molecule has 5 nitrogen and oxygen atoms in total. The molecule has 23 heavy (non-hydrogen) atoms. The molecule has 1 N–H and O–H groups in total. The maximum atomic E-state index is 12.9. The molecule has 1 amide bonds. The number of carbonyl (C=O) groups excluding carboxylic acids is 1. The first-order valence-corrected chi connectivity index (χ1v) is 8.14. The van der Waals surface area contributed by atoms with Crippen molar-refractivity contribution in [3.05, 3.63) is 35.6 Å². The quantitative estimate of drug-likeness (QED) is 0.783. The fourth-order valence-electron chi connectivity index (χ4n) is 2.27. The first-order valence-electron chi connectivity index (χ1n) is 6.94. The van der Waals surface area contributed by atoms with Crippen LogP contribution in [-0.4, -0.2) is 27.3 Å². The molecule has 1 aliphatic rings. The van der Waals surface area contributed by atoms with E-state index in [0.29, 0.717) is 16.7 Å². The monoisotopic (exact) mass is 348 g/mol. The van der Waals surface area contributed by atoms with E-state index < -0.39 is 12.1 Å². The lowest BCUT2D eigenvalue weighted by Gasteiger charge is -2.01. The standard InChI is InChI=1S/C15H10ClFN4OS/c16-13-4-8-3-7(1-2-11(8)20-21-13)12-6-18-15(23-12)19-14(22)9-5-10(9)17/h1-4,6,9-10H,5H2,(H,18,19,22)/t9-,10-/m1/s1. The van der Waals surface area contributed by atoms with Crippen LogP contribution in [0.3, 0.4) is 0 Å². The molecule has 8 heteroatoms. The molecule has 0 spiro atoms. The molecule has 0 aliphatic heterocycles. The van der Waals surface area contributed by atoms with Crippen LogP contribution in [0.25, 0.3) is 21.3 Å². The predicted molar refractivity (Wildman–Crippen MR) is 87.3 cm³/mol. The molecule has 4 rings (SSSR count). The lowest BCUT2D eigenvalue weighted by molar-refractivity contribution is -0.117. The van der Waals surface area contributed by atoms with Gasteiger partial charge in [-0.25, -0.2) is 9.37 Å². The number of thiazole rings is 1. The highest BCUT2D eigenvalue weighted by Gasteiger charge is 2.43. The van der Waals surface area contributed by atoms with E-state index in [1.807, 2.05) is 18.2 Å². The summed E-state index contributed by atoms with van der Waals surface area (Å²) in [6.07, 6.45) is 0.967. The van der Waals surface area contributed by atoms with Gasteiger partial charge < -0.3 is 5.32 Å². The molecule has 2 atom stereocenters. The number of alkyl halides is 1. The number of benzene rings is 1. The maximum absolute atomic E-state index is 12.9. The number of rotatable bonds is 3. The van der Waals surface area contributed by atoms with E-state index in [1.54, 1.807) is 12.3 Å². The average molecular weight is 349 g/mol. The Bertz CT molecular complexity index is 915. The zero-order valence-electron chi connectivity index (χ0n) is 11.7. The second-order valence-electron chi connectivity index (χ2n) is 5.32. The van der Waals surface area contributed by atoms with Gasteiger partial charge in [0.2, 0.25) is 5.91 Å². The van der Waals surface area contributed by atoms with E-state index in [2.05, 4.69) is 20.5 Å². The summed E-state index contributed by atoms with van der Waals surface area (Å²) >= 11 is 7.20. The Morgan fingerprint density at radius 3 is 2.96 bits per heavy atom. The molecule has 0 unspecified atom stereocenters. The number of fused-ring (bicyclic) bond motifs is 1. The average Bonchev–Trinajstić information content (AvgIpc) is 3.09. The van der Waals surface area contributed by atoms with Gasteiger partial charge >= 0.3 is 0 Å². The Morgan fingerprint density at radius 2 is 2.17 bits per heavy atom. The van der Waals surface area contributed by atoms with Crippen molar-refractivity contribution in [2.45, 2.75) is 12.6 Å². The van der Waals surface area contributed by atoms with Crippen LogP contribution in [-0.2, 0) is 4.79 Å². The van der Waals surface area contributed by atoms with Crippen molar-refractivity contribution in [3.63, 3.8) is 0 Å². The first kappa shape index (κ1) is 14.5.